The van der Waals surface area contributed by atoms with E-state index in [0.29, 0.717) is 5.56 Å². The number of imidazole rings is 1. The highest BCUT2D eigenvalue weighted by Gasteiger charge is 2.19. The van der Waals surface area contributed by atoms with E-state index in [2.05, 4.69) is 37.5 Å². The largest absolute Gasteiger partial charge is 0.342 e. The van der Waals surface area contributed by atoms with Gasteiger partial charge in [-0.25, -0.2) is 4.98 Å². The summed E-state index contributed by atoms with van der Waals surface area (Å²) in [6.45, 7) is 0. The standard InChI is InChI=1S/C18H18BrN3OS/c1-24-10-9-16(17-20-14-7-2-3-8-15(14)21-17)22-18(23)12-5-4-6-13(19)11-12/h2-8,11,16H,9-10H2,1H3,(H,20,21)(H,22,23)/t16-/m0/s1. The van der Waals surface area contributed by atoms with E-state index in [0.717, 1.165) is 33.5 Å². The van der Waals surface area contributed by atoms with Crippen LogP contribution in [0.2, 0.25) is 0 Å². The fourth-order valence-corrected chi connectivity index (χ4v) is 3.39. The fourth-order valence-electron chi connectivity index (χ4n) is 2.52. The molecule has 3 rings (SSSR count). The molecule has 0 spiro atoms. The van der Waals surface area contributed by atoms with Crippen molar-refractivity contribution >= 4 is 44.6 Å². The number of halogens is 1. The third-order valence-corrected chi connectivity index (χ3v) is 4.88. The lowest BCUT2D eigenvalue weighted by molar-refractivity contribution is 0.0934. The number of aromatic amines is 1. The van der Waals surface area contributed by atoms with Crippen LogP contribution in [0.3, 0.4) is 0 Å². The summed E-state index contributed by atoms with van der Waals surface area (Å²) in [5.74, 6) is 1.65. The highest BCUT2D eigenvalue weighted by atomic mass is 79.9. The molecule has 6 heteroatoms. The molecule has 24 heavy (non-hydrogen) atoms. The van der Waals surface area contributed by atoms with Crippen LogP contribution in [0.25, 0.3) is 11.0 Å². The Kier molecular flexibility index (Phi) is 5.58. The number of amides is 1. The molecular formula is C18H18BrN3OS. The first-order valence-corrected chi connectivity index (χ1v) is 9.86. The van der Waals surface area contributed by atoms with E-state index in [9.17, 15) is 4.79 Å². The molecule has 1 aromatic heterocycles. The van der Waals surface area contributed by atoms with Crippen LogP contribution in [-0.2, 0) is 0 Å². The second-order valence-electron chi connectivity index (χ2n) is 5.46. The van der Waals surface area contributed by atoms with E-state index in [1.807, 2.05) is 48.5 Å². The van der Waals surface area contributed by atoms with Crippen molar-refractivity contribution in [2.24, 2.45) is 0 Å². The van der Waals surface area contributed by atoms with Gasteiger partial charge in [-0.1, -0.05) is 34.1 Å². The molecule has 4 nitrogen and oxygen atoms in total. The van der Waals surface area contributed by atoms with Gasteiger partial charge in [0, 0.05) is 10.0 Å². The molecule has 0 aliphatic carbocycles. The zero-order valence-corrected chi connectivity index (χ0v) is 15.7. The Hall–Kier alpha value is -1.79. The molecule has 0 saturated heterocycles. The van der Waals surface area contributed by atoms with Gasteiger partial charge in [0.25, 0.3) is 5.91 Å². The number of aromatic nitrogens is 2. The molecule has 0 aliphatic heterocycles. The van der Waals surface area contributed by atoms with Crippen molar-refractivity contribution in [3.63, 3.8) is 0 Å². The number of fused-ring (bicyclic) bond motifs is 1. The molecular weight excluding hydrogens is 386 g/mol. The fraction of sp³-hybridized carbons (Fsp3) is 0.222. The topological polar surface area (TPSA) is 57.8 Å². The first-order chi connectivity index (χ1) is 11.7. The van der Waals surface area contributed by atoms with Gasteiger partial charge in [-0.2, -0.15) is 11.8 Å². The molecule has 0 bridgehead atoms. The summed E-state index contributed by atoms with van der Waals surface area (Å²) in [6.07, 6.45) is 2.88. The van der Waals surface area contributed by atoms with Gasteiger partial charge in [0.15, 0.2) is 0 Å². The summed E-state index contributed by atoms with van der Waals surface area (Å²) >= 11 is 5.16. The quantitative estimate of drug-likeness (QED) is 0.634. The average Bonchev–Trinajstić information content (AvgIpc) is 3.02. The van der Waals surface area contributed by atoms with Crippen LogP contribution < -0.4 is 5.32 Å². The monoisotopic (exact) mass is 403 g/mol. The van der Waals surface area contributed by atoms with Crippen LogP contribution in [0.4, 0.5) is 0 Å². The molecule has 1 heterocycles. The molecule has 2 aromatic carbocycles. The Balaban J connectivity index is 1.84. The molecule has 0 radical (unpaired) electrons. The van der Waals surface area contributed by atoms with Gasteiger partial charge in [0.1, 0.15) is 5.82 Å². The minimum atomic E-state index is -0.142. The number of carbonyl (C=O) groups is 1. The number of H-pyrrole nitrogens is 1. The molecule has 3 aromatic rings. The molecule has 0 saturated carbocycles. The van der Waals surface area contributed by atoms with Crippen molar-refractivity contribution < 1.29 is 4.79 Å². The highest BCUT2D eigenvalue weighted by molar-refractivity contribution is 9.10. The Bertz CT molecular complexity index is 816. The maximum atomic E-state index is 12.6. The SMILES string of the molecule is CSCC[C@H](NC(=O)c1cccc(Br)c1)c1nc2ccccc2[nH]1. The van der Waals surface area contributed by atoms with E-state index in [-0.39, 0.29) is 11.9 Å². The average molecular weight is 404 g/mol. The molecule has 0 unspecified atom stereocenters. The van der Waals surface area contributed by atoms with Gasteiger partial charge >= 0.3 is 0 Å². The predicted molar refractivity (Wildman–Crippen MR) is 103 cm³/mol. The number of para-hydroxylation sites is 2. The first kappa shape index (κ1) is 17.0. The number of carbonyl (C=O) groups excluding carboxylic acids is 1. The minimum Gasteiger partial charge on any atom is -0.342 e. The van der Waals surface area contributed by atoms with Crippen LogP contribution in [-0.4, -0.2) is 27.9 Å². The van der Waals surface area contributed by atoms with E-state index >= 15 is 0 Å². The molecule has 1 amide bonds. The zero-order valence-electron chi connectivity index (χ0n) is 13.3. The molecule has 124 valence electrons. The highest BCUT2D eigenvalue weighted by Crippen LogP contribution is 2.21. The van der Waals surface area contributed by atoms with Crippen molar-refractivity contribution in [2.45, 2.75) is 12.5 Å². The second-order valence-corrected chi connectivity index (χ2v) is 7.36. The number of hydrogen-bond donors (Lipinski definition) is 2. The van der Waals surface area contributed by atoms with Crippen molar-refractivity contribution in [1.29, 1.82) is 0 Å². The van der Waals surface area contributed by atoms with E-state index in [1.54, 1.807) is 11.8 Å². The maximum Gasteiger partial charge on any atom is 0.251 e. The third-order valence-electron chi connectivity index (χ3n) is 3.74. The van der Waals surface area contributed by atoms with E-state index < -0.39 is 0 Å². The van der Waals surface area contributed by atoms with Gasteiger partial charge in [-0.3, -0.25) is 4.79 Å². The Morgan fingerprint density at radius 1 is 1.29 bits per heavy atom. The number of benzene rings is 2. The third kappa shape index (κ3) is 3.99. The van der Waals surface area contributed by atoms with Crippen LogP contribution in [0.5, 0.6) is 0 Å². The normalized spacial score (nSPS) is 12.2. The van der Waals surface area contributed by atoms with E-state index in [1.165, 1.54) is 0 Å². The van der Waals surface area contributed by atoms with Crippen molar-refractivity contribution in [1.82, 2.24) is 15.3 Å². The van der Waals surface area contributed by atoms with Crippen LogP contribution in [0, 0.1) is 0 Å². The number of nitrogens with zero attached hydrogens (tertiary/aromatic N) is 1. The lowest BCUT2D eigenvalue weighted by atomic mass is 10.1. The Morgan fingerprint density at radius 3 is 2.88 bits per heavy atom. The first-order valence-electron chi connectivity index (χ1n) is 7.67. The number of thioether (sulfide) groups is 1. The van der Waals surface area contributed by atoms with Gasteiger partial charge in [-0.05, 0) is 48.8 Å². The zero-order chi connectivity index (χ0) is 16.9. The summed E-state index contributed by atoms with van der Waals surface area (Å²) in [5, 5.41) is 3.11. The lowest BCUT2D eigenvalue weighted by Gasteiger charge is -2.16. The lowest BCUT2D eigenvalue weighted by Crippen LogP contribution is -2.29. The van der Waals surface area contributed by atoms with Crippen LogP contribution in [0.15, 0.2) is 53.0 Å². The summed E-state index contributed by atoms with van der Waals surface area (Å²) in [7, 11) is 0. The summed E-state index contributed by atoms with van der Waals surface area (Å²) in [5.41, 5.74) is 2.53. The molecule has 0 aliphatic rings. The van der Waals surface area contributed by atoms with Gasteiger partial charge in [0.05, 0.1) is 17.1 Å². The smallest absolute Gasteiger partial charge is 0.251 e. The van der Waals surface area contributed by atoms with Crippen LogP contribution >= 0.6 is 27.7 Å². The maximum absolute atomic E-state index is 12.6. The number of hydrogen-bond acceptors (Lipinski definition) is 3. The molecule has 0 fully saturated rings. The Labute approximate surface area is 153 Å². The number of nitrogens with one attached hydrogen (secondary N) is 2. The van der Waals surface area contributed by atoms with Gasteiger partial charge < -0.3 is 10.3 Å². The summed E-state index contributed by atoms with van der Waals surface area (Å²) in [4.78, 5) is 20.5. The van der Waals surface area contributed by atoms with Crippen molar-refractivity contribution in [3.8, 4) is 0 Å². The number of rotatable bonds is 6. The van der Waals surface area contributed by atoms with Crippen molar-refractivity contribution in [2.75, 3.05) is 12.0 Å². The van der Waals surface area contributed by atoms with E-state index in [4.69, 9.17) is 0 Å². The predicted octanol–water partition coefficient (Wildman–Crippen LogP) is 4.55. The molecule has 1 atom stereocenters. The molecule has 2 N–H and O–H groups in total. The van der Waals surface area contributed by atoms with Crippen molar-refractivity contribution in [3.05, 3.63) is 64.4 Å². The summed E-state index contributed by atoms with van der Waals surface area (Å²) < 4.78 is 0.888. The van der Waals surface area contributed by atoms with Crippen LogP contribution in [0.1, 0.15) is 28.6 Å². The van der Waals surface area contributed by atoms with Gasteiger partial charge in [-0.15, -0.1) is 0 Å². The second kappa shape index (κ2) is 7.85. The van der Waals surface area contributed by atoms with Gasteiger partial charge in [0.2, 0.25) is 0 Å². The summed E-state index contributed by atoms with van der Waals surface area (Å²) in [6, 6.07) is 15.1. The minimum absolute atomic E-state index is 0.0946. The Morgan fingerprint density at radius 2 is 2.12 bits per heavy atom.